The molecule has 0 fully saturated rings. The van der Waals surface area contributed by atoms with Gasteiger partial charge in [-0.25, -0.2) is 8.42 Å². The van der Waals surface area contributed by atoms with Crippen molar-refractivity contribution in [2.45, 2.75) is 11.3 Å². The molecule has 0 saturated carbocycles. The molecule has 1 N–H and O–H groups in total. The Morgan fingerprint density at radius 3 is 2.65 bits per heavy atom. The standard InChI is InChI=1S/C14H14NO3S2/c16-14(15-9-8-12-5-4-10-19-12)11-20(17,18)13-6-2-1-3-7-13/h2-7,10H,8-9,11H2,(H,15,16). The highest BCUT2D eigenvalue weighted by atomic mass is 32.2. The Morgan fingerprint density at radius 1 is 1.25 bits per heavy atom. The Morgan fingerprint density at radius 2 is 2.00 bits per heavy atom. The summed E-state index contributed by atoms with van der Waals surface area (Å²) in [7, 11) is -3.57. The smallest absolute Gasteiger partial charge is 0.235 e. The highest BCUT2D eigenvalue weighted by Gasteiger charge is 2.18. The third kappa shape index (κ3) is 4.18. The van der Waals surface area contributed by atoms with E-state index < -0.39 is 21.5 Å². The van der Waals surface area contributed by atoms with E-state index >= 15 is 0 Å². The molecule has 1 aromatic carbocycles. The first-order valence-electron chi connectivity index (χ1n) is 6.06. The molecule has 0 aliphatic carbocycles. The Bertz CT molecular complexity index is 649. The maximum Gasteiger partial charge on any atom is 0.235 e. The number of nitrogens with one attached hydrogen (secondary N) is 1. The second-order valence-corrected chi connectivity index (χ2v) is 7.20. The van der Waals surface area contributed by atoms with Crippen LogP contribution in [0.4, 0.5) is 0 Å². The Labute approximate surface area is 122 Å². The van der Waals surface area contributed by atoms with E-state index in [1.807, 2.05) is 17.5 Å². The van der Waals surface area contributed by atoms with Gasteiger partial charge in [-0.1, -0.05) is 18.2 Å². The van der Waals surface area contributed by atoms with Gasteiger partial charge < -0.3 is 5.32 Å². The molecule has 0 aliphatic rings. The SMILES string of the molecule is O=C(CS(=O)(=O)c1cc[c]cc1)NCCc1cccs1. The summed E-state index contributed by atoms with van der Waals surface area (Å²) in [6, 6.07) is 12.6. The second-order valence-electron chi connectivity index (χ2n) is 4.17. The lowest BCUT2D eigenvalue weighted by molar-refractivity contribution is -0.118. The van der Waals surface area contributed by atoms with Crippen molar-refractivity contribution in [3.63, 3.8) is 0 Å². The number of hydrogen-bond acceptors (Lipinski definition) is 4. The molecular weight excluding hydrogens is 294 g/mol. The summed E-state index contributed by atoms with van der Waals surface area (Å²) in [6.45, 7) is 0.442. The van der Waals surface area contributed by atoms with Crippen molar-refractivity contribution in [3.8, 4) is 0 Å². The van der Waals surface area contributed by atoms with Gasteiger partial charge in [-0.05, 0) is 36.1 Å². The van der Waals surface area contributed by atoms with Crippen LogP contribution in [-0.4, -0.2) is 26.6 Å². The fraction of sp³-hybridized carbons (Fsp3) is 0.214. The summed E-state index contributed by atoms with van der Waals surface area (Å²) in [6.07, 6.45) is 0.712. The van der Waals surface area contributed by atoms with Crippen molar-refractivity contribution in [1.29, 1.82) is 0 Å². The summed E-state index contributed by atoms with van der Waals surface area (Å²) in [4.78, 5) is 13.0. The fourth-order valence-corrected chi connectivity index (χ4v) is 3.54. The largest absolute Gasteiger partial charge is 0.355 e. The Balaban J connectivity index is 1.85. The van der Waals surface area contributed by atoms with E-state index in [2.05, 4.69) is 11.4 Å². The van der Waals surface area contributed by atoms with E-state index in [0.717, 1.165) is 4.88 Å². The molecular formula is C14H14NO3S2. The number of hydrogen-bond donors (Lipinski definition) is 1. The topological polar surface area (TPSA) is 63.2 Å². The molecule has 0 unspecified atom stereocenters. The number of sulfone groups is 1. The molecule has 1 amide bonds. The van der Waals surface area contributed by atoms with E-state index in [-0.39, 0.29) is 4.90 Å². The molecule has 0 aliphatic heterocycles. The summed E-state index contributed by atoms with van der Waals surface area (Å²) < 4.78 is 23.9. The van der Waals surface area contributed by atoms with Gasteiger partial charge in [0.25, 0.3) is 0 Å². The minimum atomic E-state index is -3.57. The monoisotopic (exact) mass is 308 g/mol. The van der Waals surface area contributed by atoms with Gasteiger partial charge in [0.1, 0.15) is 5.75 Å². The molecule has 1 aromatic heterocycles. The van der Waals surface area contributed by atoms with Crippen molar-refractivity contribution >= 4 is 27.1 Å². The highest BCUT2D eigenvalue weighted by Crippen LogP contribution is 2.10. The van der Waals surface area contributed by atoms with E-state index in [9.17, 15) is 13.2 Å². The van der Waals surface area contributed by atoms with Crippen LogP contribution in [-0.2, 0) is 21.1 Å². The average molecular weight is 308 g/mol. The maximum absolute atomic E-state index is 12.0. The van der Waals surface area contributed by atoms with Crippen molar-refractivity contribution < 1.29 is 13.2 Å². The zero-order chi connectivity index (χ0) is 14.4. The number of carbonyl (C=O) groups excluding carboxylic acids is 1. The molecule has 0 atom stereocenters. The van der Waals surface area contributed by atoms with E-state index in [0.29, 0.717) is 13.0 Å². The quantitative estimate of drug-likeness (QED) is 0.883. The maximum atomic E-state index is 12.0. The summed E-state index contributed by atoms with van der Waals surface area (Å²) in [5.74, 6) is -1.00. The third-order valence-corrected chi connectivity index (χ3v) is 5.21. The minimum absolute atomic E-state index is 0.143. The van der Waals surface area contributed by atoms with Crippen LogP contribution in [0.2, 0.25) is 0 Å². The highest BCUT2D eigenvalue weighted by molar-refractivity contribution is 7.92. The minimum Gasteiger partial charge on any atom is -0.355 e. The molecule has 1 heterocycles. The summed E-state index contributed by atoms with van der Waals surface area (Å²) in [5, 5.41) is 4.59. The molecule has 1 radical (unpaired) electrons. The zero-order valence-electron chi connectivity index (χ0n) is 10.7. The second kappa shape index (κ2) is 6.67. The molecule has 0 saturated heterocycles. The third-order valence-electron chi connectivity index (χ3n) is 2.64. The first-order valence-corrected chi connectivity index (χ1v) is 8.59. The van der Waals surface area contributed by atoms with E-state index in [1.165, 1.54) is 24.3 Å². The van der Waals surface area contributed by atoms with Crippen LogP contribution < -0.4 is 5.32 Å². The lowest BCUT2D eigenvalue weighted by Gasteiger charge is -2.05. The van der Waals surface area contributed by atoms with Gasteiger partial charge in [0, 0.05) is 11.4 Å². The predicted octanol–water partition coefficient (Wildman–Crippen LogP) is 1.68. The molecule has 4 nitrogen and oxygen atoms in total. The summed E-state index contributed by atoms with van der Waals surface area (Å²) in [5.41, 5.74) is 0. The molecule has 0 spiro atoms. The normalized spacial score (nSPS) is 11.2. The summed E-state index contributed by atoms with van der Waals surface area (Å²) >= 11 is 1.61. The van der Waals surface area contributed by atoms with Gasteiger partial charge in [-0.3, -0.25) is 4.79 Å². The number of carbonyl (C=O) groups is 1. The van der Waals surface area contributed by atoms with Crippen LogP contribution in [0.15, 0.2) is 46.7 Å². The van der Waals surface area contributed by atoms with Gasteiger partial charge in [0.05, 0.1) is 4.90 Å². The average Bonchev–Trinajstić information content (AvgIpc) is 2.92. The molecule has 105 valence electrons. The van der Waals surface area contributed by atoms with Crippen LogP contribution in [0.25, 0.3) is 0 Å². The number of rotatable bonds is 6. The van der Waals surface area contributed by atoms with Crippen molar-refractivity contribution in [1.82, 2.24) is 5.32 Å². The van der Waals surface area contributed by atoms with Crippen LogP contribution in [0, 0.1) is 6.07 Å². The van der Waals surface area contributed by atoms with Gasteiger partial charge in [0.15, 0.2) is 9.84 Å². The van der Waals surface area contributed by atoms with Crippen LogP contribution in [0.3, 0.4) is 0 Å². The number of thiophene rings is 1. The molecule has 2 rings (SSSR count). The van der Waals surface area contributed by atoms with Crippen molar-refractivity contribution in [2.75, 3.05) is 12.3 Å². The van der Waals surface area contributed by atoms with E-state index in [1.54, 1.807) is 11.3 Å². The van der Waals surface area contributed by atoms with Gasteiger partial charge >= 0.3 is 0 Å². The fourth-order valence-electron chi connectivity index (χ4n) is 1.67. The first-order chi connectivity index (χ1) is 9.58. The lowest BCUT2D eigenvalue weighted by Crippen LogP contribution is -2.31. The van der Waals surface area contributed by atoms with Gasteiger partial charge in [-0.15, -0.1) is 11.3 Å². The van der Waals surface area contributed by atoms with Crippen LogP contribution >= 0.6 is 11.3 Å². The number of amides is 1. The Hall–Kier alpha value is -1.66. The molecule has 2 aromatic rings. The Kier molecular flexibility index (Phi) is 4.92. The first kappa shape index (κ1) is 14.7. The molecule has 20 heavy (non-hydrogen) atoms. The number of benzene rings is 1. The van der Waals surface area contributed by atoms with Crippen molar-refractivity contribution in [2.24, 2.45) is 0 Å². The van der Waals surface area contributed by atoms with Gasteiger partial charge in [-0.2, -0.15) is 0 Å². The molecule has 0 bridgehead atoms. The van der Waals surface area contributed by atoms with E-state index in [4.69, 9.17) is 0 Å². The van der Waals surface area contributed by atoms with Crippen LogP contribution in [0.5, 0.6) is 0 Å². The predicted molar refractivity (Wildman–Crippen MR) is 78.4 cm³/mol. The van der Waals surface area contributed by atoms with Crippen LogP contribution in [0.1, 0.15) is 4.88 Å². The lowest BCUT2D eigenvalue weighted by atomic mass is 10.3. The zero-order valence-corrected chi connectivity index (χ0v) is 12.3. The van der Waals surface area contributed by atoms with Gasteiger partial charge in [0.2, 0.25) is 5.91 Å². The van der Waals surface area contributed by atoms with Crippen molar-refractivity contribution in [3.05, 3.63) is 52.7 Å². The molecule has 6 heteroatoms.